The molecule has 0 spiro atoms. The van der Waals surface area contributed by atoms with Crippen molar-refractivity contribution in [2.45, 2.75) is 4.90 Å². The second-order valence-corrected chi connectivity index (χ2v) is 4.38. The molecule has 3 rings (SSSR count). The van der Waals surface area contributed by atoms with Crippen LogP contribution in [0.2, 0.25) is 0 Å². The summed E-state index contributed by atoms with van der Waals surface area (Å²) in [5.74, 6) is 0.0391. The SMILES string of the molecule is NSc1ccc2cccc3c2c1C(=O)C=C3. The van der Waals surface area contributed by atoms with Crippen LogP contribution in [-0.2, 0) is 0 Å². The Morgan fingerprint density at radius 1 is 1.06 bits per heavy atom. The molecule has 2 N–H and O–H groups in total. The van der Waals surface area contributed by atoms with Crippen LogP contribution >= 0.6 is 11.9 Å². The molecule has 0 saturated carbocycles. The smallest absolute Gasteiger partial charge is 0.187 e. The van der Waals surface area contributed by atoms with E-state index in [-0.39, 0.29) is 5.78 Å². The van der Waals surface area contributed by atoms with Crippen LogP contribution in [0.4, 0.5) is 0 Å². The van der Waals surface area contributed by atoms with Crippen LogP contribution in [0.15, 0.2) is 41.3 Å². The molecule has 3 heteroatoms. The lowest BCUT2D eigenvalue weighted by atomic mass is 9.92. The number of hydrogen-bond donors (Lipinski definition) is 1. The summed E-state index contributed by atoms with van der Waals surface area (Å²) in [6, 6.07) is 9.93. The molecule has 2 aromatic rings. The van der Waals surface area contributed by atoms with Crippen molar-refractivity contribution in [3.8, 4) is 0 Å². The van der Waals surface area contributed by atoms with Crippen molar-refractivity contribution in [2.75, 3.05) is 0 Å². The summed E-state index contributed by atoms with van der Waals surface area (Å²) in [4.78, 5) is 12.7. The van der Waals surface area contributed by atoms with E-state index in [0.29, 0.717) is 0 Å². The summed E-state index contributed by atoms with van der Waals surface area (Å²) >= 11 is 1.13. The van der Waals surface area contributed by atoms with Crippen molar-refractivity contribution < 1.29 is 4.79 Å². The first-order valence-corrected chi connectivity index (χ1v) is 5.84. The van der Waals surface area contributed by atoms with Crippen LogP contribution in [0.3, 0.4) is 0 Å². The average molecular weight is 227 g/mol. The molecule has 1 aliphatic rings. The maximum absolute atomic E-state index is 11.9. The maximum atomic E-state index is 11.9. The van der Waals surface area contributed by atoms with Crippen LogP contribution < -0.4 is 5.14 Å². The lowest BCUT2D eigenvalue weighted by Gasteiger charge is -2.14. The molecule has 0 amide bonds. The molecule has 78 valence electrons. The van der Waals surface area contributed by atoms with E-state index in [1.54, 1.807) is 6.08 Å². The van der Waals surface area contributed by atoms with Gasteiger partial charge >= 0.3 is 0 Å². The van der Waals surface area contributed by atoms with Gasteiger partial charge in [-0.1, -0.05) is 30.3 Å². The Kier molecular flexibility index (Phi) is 2.09. The van der Waals surface area contributed by atoms with E-state index in [1.165, 1.54) is 0 Å². The highest BCUT2D eigenvalue weighted by atomic mass is 32.2. The quantitative estimate of drug-likeness (QED) is 0.761. The van der Waals surface area contributed by atoms with Crippen molar-refractivity contribution >= 4 is 34.6 Å². The highest BCUT2D eigenvalue weighted by molar-refractivity contribution is 7.97. The van der Waals surface area contributed by atoms with Gasteiger partial charge in [-0.3, -0.25) is 9.93 Å². The van der Waals surface area contributed by atoms with Crippen molar-refractivity contribution in [3.05, 3.63) is 47.5 Å². The topological polar surface area (TPSA) is 43.1 Å². The van der Waals surface area contributed by atoms with Gasteiger partial charge in [0.2, 0.25) is 0 Å². The average Bonchev–Trinajstić information content (AvgIpc) is 2.33. The summed E-state index contributed by atoms with van der Waals surface area (Å²) in [6.07, 6.45) is 3.47. The van der Waals surface area contributed by atoms with E-state index in [2.05, 4.69) is 0 Å². The molecule has 0 fully saturated rings. The van der Waals surface area contributed by atoms with Crippen LogP contribution in [0.25, 0.3) is 16.8 Å². The van der Waals surface area contributed by atoms with Gasteiger partial charge in [-0.15, -0.1) is 0 Å². The van der Waals surface area contributed by atoms with E-state index >= 15 is 0 Å². The van der Waals surface area contributed by atoms with Crippen LogP contribution in [0.5, 0.6) is 0 Å². The van der Waals surface area contributed by atoms with Gasteiger partial charge in [0.05, 0.1) is 0 Å². The molecule has 2 nitrogen and oxygen atoms in total. The van der Waals surface area contributed by atoms with Crippen molar-refractivity contribution in [2.24, 2.45) is 5.14 Å². The third-order valence-electron chi connectivity index (χ3n) is 2.83. The normalized spacial score (nSPS) is 13.4. The molecule has 2 aromatic carbocycles. The van der Waals surface area contributed by atoms with E-state index < -0.39 is 0 Å². The molecular weight excluding hydrogens is 218 g/mol. The number of benzene rings is 2. The van der Waals surface area contributed by atoms with Crippen LogP contribution in [0.1, 0.15) is 15.9 Å². The van der Waals surface area contributed by atoms with Crippen LogP contribution in [-0.4, -0.2) is 5.78 Å². The second kappa shape index (κ2) is 3.47. The Bertz CT molecular complexity index is 631. The number of carbonyl (C=O) groups is 1. The van der Waals surface area contributed by atoms with Gasteiger partial charge in [0.1, 0.15) is 0 Å². The van der Waals surface area contributed by atoms with Crippen molar-refractivity contribution in [1.29, 1.82) is 0 Å². The minimum atomic E-state index is 0.0391. The zero-order valence-corrected chi connectivity index (χ0v) is 9.25. The fourth-order valence-corrected chi connectivity index (χ4v) is 2.59. The van der Waals surface area contributed by atoms with Crippen molar-refractivity contribution in [1.82, 2.24) is 0 Å². The number of ketones is 1. The molecule has 0 saturated heterocycles. The summed E-state index contributed by atoms with van der Waals surface area (Å²) < 4.78 is 0. The third kappa shape index (κ3) is 1.22. The molecular formula is C13H9NOS. The molecule has 0 radical (unpaired) electrons. The molecule has 0 bridgehead atoms. The summed E-state index contributed by atoms with van der Waals surface area (Å²) in [5.41, 5.74) is 1.83. The summed E-state index contributed by atoms with van der Waals surface area (Å²) in [6.45, 7) is 0. The Hall–Kier alpha value is -1.58. The second-order valence-electron chi connectivity index (χ2n) is 3.70. The van der Waals surface area contributed by atoms with Gasteiger partial charge in [0.25, 0.3) is 0 Å². The molecule has 0 aliphatic heterocycles. The monoisotopic (exact) mass is 227 g/mol. The zero-order chi connectivity index (χ0) is 11.1. The predicted octanol–water partition coefficient (Wildman–Crippen LogP) is 3.02. The van der Waals surface area contributed by atoms with Gasteiger partial charge in [0, 0.05) is 15.8 Å². The van der Waals surface area contributed by atoms with Gasteiger partial charge in [-0.2, -0.15) is 0 Å². The number of allylic oxidation sites excluding steroid dienone is 1. The van der Waals surface area contributed by atoms with E-state index in [4.69, 9.17) is 5.14 Å². The third-order valence-corrected chi connectivity index (χ3v) is 3.42. The lowest BCUT2D eigenvalue weighted by Crippen LogP contribution is -2.04. The van der Waals surface area contributed by atoms with E-state index in [0.717, 1.165) is 38.7 Å². The van der Waals surface area contributed by atoms with Gasteiger partial charge in [0.15, 0.2) is 5.78 Å². The van der Waals surface area contributed by atoms with Gasteiger partial charge in [-0.25, -0.2) is 0 Å². The standard InChI is InChI=1S/C13H9NOS/c14-16-11-7-5-9-3-1-2-8-4-6-10(15)13(11)12(8)9/h1-7H,14H2. The highest BCUT2D eigenvalue weighted by Crippen LogP contribution is 2.33. The Morgan fingerprint density at radius 3 is 2.75 bits per heavy atom. The Labute approximate surface area is 97.3 Å². The fourth-order valence-electron chi connectivity index (χ4n) is 2.12. The minimum absolute atomic E-state index is 0.0391. The maximum Gasteiger partial charge on any atom is 0.187 e. The van der Waals surface area contributed by atoms with Gasteiger partial charge < -0.3 is 0 Å². The molecule has 0 atom stereocenters. The summed E-state index contributed by atoms with van der Waals surface area (Å²) in [7, 11) is 0. The van der Waals surface area contributed by atoms with E-state index in [9.17, 15) is 4.79 Å². The lowest BCUT2D eigenvalue weighted by molar-refractivity contribution is 0.104. The first-order valence-electron chi connectivity index (χ1n) is 4.96. The number of rotatable bonds is 1. The minimum Gasteiger partial charge on any atom is -0.289 e. The molecule has 16 heavy (non-hydrogen) atoms. The Morgan fingerprint density at radius 2 is 1.94 bits per heavy atom. The zero-order valence-electron chi connectivity index (χ0n) is 8.44. The summed E-state index contributed by atoms with van der Waals surface area (Å²) in [5, 5.41) is 7.70. The number of carbonyl (C=O) groups excluding carboxylic acids is 1. The highest BCUT2D eigenvalue weighted by Gasteiger charge is 2.18. The van der Waals surface area contributed by atoms with Crippen molar-refractivity contribution in [3.63, 3.8) is 0 Å². The van der Waals surface area contributed by atoms with Gasteiger partial charge in [-0.05, 0) is 35.0 Å². The first kappa shape index (κ1) is 9.63. The Balaban J connectivity index is 2.53. The number of nitrogens with two attached hydrogens (primary N) is 1. The fraction of sp³-hybridized carbons (Fsp3) is 0. The molecule has 0 aromatic heterocycles. The van der Waals surface area contributed by atoms with E-state index in [1.807, 2.05) is 36.4 Å². The number of hydrogen-bond acceptors (Lipinski definition) is 3. The predicted molar refractivity (Wildman–Crippen MR) is 67.4 cm³/mol. The first-order chi connectivity index (χ1) is 7.81. The largest absolute Gasteiger partial charge is 0.289 e. The van der Waals surface area contributed by atoms with Crippen LogP contribution in [0, 0.1) is 0 Å². The molecule has 0 unspecified atom stereocenters. The molecule has 0 heterocycles. The molecule has 1 aliphatic carbocycles.